The molecule has 1 aliphatic rings. The molecule has 7 heteroatoms. The topological polar surface area (TPSA) is 72.7 Å². The molecule has 0 aromatic heterocycles. The molecule has 1 heterocycles. The predicted octanol–water partition coefficient (Wildman–Crippen LogP) is 2.11. The minimum atomic E-state index is -0.576. The number of carbonyl (C=O) groups excluding carboxylic acids is 1. The van der Waals surface area contributed by atoms with Crippen molar-refractivity contribution in [3.63, 3.8) is 0 Å². The fourth-order valence-electron chi connectivity index (χ4n) is 1.97. The van der Waals surface area contributed by atoms with Crippen molar-refractivity contribution in [2.24, 2.45) is 0 Å². The van der Waals surface area contributed by atoms with E-state index in [-0.39, 0.29) is 22.7 Å². The Kier molecular flexibility index (Phi) is 4.01. The summed E-state index contributed by atoms with van der Waals surface area (Å²) in [6.07, 6.45) is -0.00813. The number of nitrogens with zero attached hydrogens (tertiary/aromatic N) is 2. The van der Waals surface area contributed by atoms with E-state index in [1.807, 2.05) is 6.92 Å². The first-order valence-corrected chi connectivity index (χ1v) is 6.21. The summed E-state index contributed by atoms with van der Waals surface area (Å²) in [4.78, 5) is 24.0. The summed E-state index contributed by atoms with van der Waals surface area (Å²) in [7, 11) is 0. The maximum absolute atomic E-state index is 12.2. The maximum atomic E-state index is 12.2. The third-order valence-corrected chi connectivity index (χ3v) is 3.22. The molecular weight excluding hydrogens is 272 g/mol. The lowest BCUT2D eigenvalue weighted by molar-refractivity contribution is -0.384. The first-order valence-electron chi connectivity index (χ1n) is 5.84. The molecule has 1 aliphatic heterocycles. The lowest BCUT2D eigenvalue weighted by Crippen LogP contribution is -2.44. The highest BCUT2D eigenvalue weighted by Crippen LogP contribution is 2.25. The van der Waals surface area contributed by atoms with Crippen molar-refractivity contribution in [1.82, 2.24) is 4.90 Å². The average molecular weight is 285 g/mol. The number of hydrogen-bond donors (Lipinski definition) is 0. The van der Waals surface area contributed by atoms with E-state index >= 15 is 0 Å². The molecule has 2 rings (SSSR count). The Morgan fingerprint density at radius 3 is 2.89 bits per heavy atom. The van der Waals surface area contributed by atoms with Crippen molar-refractivity contribution in [1.29, 1.82) is 0 Å². The van der Waals surface area contributed by atoms with E-state index in [9.17, 15) is 14.9 Å². The van der Waals surface area contributed by atoms with Gasteiger partial charge in [0.25, 0.3) is 11.6 Å². The van der Waals surface area contributed by atoms with E-state index in [4.69, 9.17) is 16.3 Å². The number of benzene rings is 1. The molecule has 1 fully saturated rings. The molecule has 1 aromatic carbocycles. The highest BCUT2D eigenvalue weighted by molar-refractivity contribution is 6.33. The van der Waals surface area contributed by atoms with Gasteiger partial charge in [0, 0.05) is 24.7 Å². The van der Waals surface area contributed by atoms with E-state index in [0.717, 1.165) is 0 Å². The smallest absolute Gasteiger partial charge is 0.287 e. The van der Waals surface area contributed by atoms with E-state index < -0.39 is 4.92 Å². The zero-order valence-corrected chi connectivity index (χ0v) is 11.1. The zero-order chi connectivity index (χ0) is 14.0. The van der Waals surface area contributed by atoms with E-state index in [2.05, 4.69) is 0 Å². The summed E-state index contributed by atoms with van der Waals surface area (Å²) in [5.74, 6) is -0.188. The third kappa shape index (κ3) is 3.02. The van der Waals surface area contributed by atoms with Gasteiger partial charge in [-0.2, -0.15) is 0 Å². The van der Waals surface area contributed by atoms with E-state index in [0.29, 0.717) is 25.3 Å². The number of morpholine rings is 1. The second-order valence-electron chi connectivity index (χ2n) is 4.36. The molecule has 1 saturated heterocycles. The van der Waals surface area contributed by atoms with Crippen LogP contribution in [0.4, 0.5) is 5.69 Å². The number of halogens is 1. The standard InChI is InChI=1S/C12H13ClN2O4/c1-8-7-14(4-5-19-8)12(16)9-2-3-11(15(17)18)10(13)6-9/h2-3,6,8H,4-5,7H2,1H3/t8-/m1/s1. The highest BCUT2D eigenvalue weighted by atomic mass is 35.5. The Bertz CT molecular complexity index is 520. The average Bonchev–Trinajstić information content (AvgIpc) is 2.37. The number of nitro groups is 1. The van der Waals surface area contributed by atoms with Crippen LogP contribution >= 0.6 is 11.6 Å². The lowest BCUT2D eigenvalue weighted by Gasteiger charge is -2.31. The van der Waals surface area contributed by atoms with Gasteiger partial charge in [0.2, 0.25) is 0 Å². The molecule has 1 atom stereocenters. The fourth-order valence-corrected chi connectivity index (χ4v) is 2.22. The molecule has 0 radical (unpaired) electrons. The van der Waals surface area contributed by atoms with Gasteiger partial charge in [-0.15, -0.1) is 0 Å². The Labute approximate surface area is 115 Å². The van der Waals surface area contributed by atoms with Gasteiger partial charge in [-0.05, 0) is 19.1 Å². The number of rotatable bonds is 2. The van der Waals surface area contributed by atoms with Crippen LogP contribution in [0.25, 0.3) is 0 Å². The highest BCUT2D eigenvalue weighted by Gasteiger charge is 2.24. The van der Waals surface area contributed by atoms with Gasteiger partial charge in [-0.3, -0.25) is 14.9 Å². The van der Waals surface area contributed by atoms with Crippen LogP contribution in [0, 0.1) is 10.1 Å². The fraction of sp³-hybridized carbons (Fsp3) is 0.417. The minimum absolute atomic E-state index is 0.00813. The molecule has 0 aliphatic carbocycles. The van der Waals surface area contributed by atoms with Crippen LogP contribution in [0.1, 0.15) is 17.3 Å². The van der Waals surface area contributed by atoms with Gasteiger partial charge in [0.05, 0.1) is 17.6 Å². The molecule has 0 spiro atoms. The number of amides is 1. The van der Waals surface area contributed by atoms with Crippen LogP contribution in [0.15, 0.2) is 18.2 Å². The summed E-state index contributed by atoms with van der Waals surface area (Å²) in [5.41, 5.74) is 0.151. The molecular formula is C12H13ClN2O4. The molecule has 19 heavy (non-hydrogen) atoms. The van der Waals surface area contributed by atoms with Crippen LogP contribution in [-0.2, 0) is 4.74 Å². The molecule has 0 unspecified atom stereocenters. The number of nitro benzene ring substituents is 1. The summed E-state index contributed by atoms with van der Waals surface area (Å²) >= 11 is 5.80. The van der Waals surface area contributed by atoms with Crippen LogP contribution < -0.4 is 0 Å². The Hall–Kier alpha value is -1.66. The number of ether oxygens (including phenoxy) is 1. The normalized spacial score (nSPS) is 19.3. The van der Waals surface area contributed by atoms with Crippen LogP contribution in [0.5, 0.6) is 0 Å². The molecule has 0 bridgehead atoms. The Balaban J connectivity index is 2.19. The SMILES string of the molecule is C[C@@H]1CN(C(=O)c2ccc([N+](=O)[O-])c(Cl)c2)CCO1. The van der Waals surface area contributed by atoms with Crippen molar-refractivity contribution in [2.45, 2.75) is 13.0 Å². The molecule has 0 saturated carbocycles. The van der Waals surface area contributed by atoms with Crippen LogP contribution in [-0.4, -0.2) is 41.5 Å². The lowest BCUT2D eigenvalue weighted by atomic mass is 10.1. The quantitative estimate of drug-likeness (QED) is 0.616. The second kappa shape index (κ2) is 5.54. The Morgan fingerprint density at radius 2 is 2.32 bits per heavy atom. The number of carbonyl (C=O) groups is 1. The second-order valence-corrected chi connectivity index (χ2v) is 4.76. The zero-order valence-electron chi connectivity index (χ0n) is 10.3. The monoisotopic (exact) mass is 284 g/mol. The third-order valence-electron chi connectivity index (χ3n) is 2.92. The van der Waals surface area contributed by atoms with E-state index in [1.165, 1.54) is 18.2 Å². The van der Waals surface area contributed by atoms with Crippen molar-refractivity contribution in [3.8, 4) is 0 Å². The van der Waals surface area contributed by atoms with E-state index in [1.54, 1.807) is 4.90 Å². The molecule has 6 nitrogen and oxygen atoms in total. The molecule has 1 amide bonds. The molecule has 1 aromatic rings. The summed E-state index contributed by atoms with van der Waals surface area (Å²) in [6, 6.07) is 4.01. The van der Waals surface area contributed by atoms with Gasteiger partial charge >= 0.3 is 0 Å². The summed E-state index contributed by atoms with van der Waals surface area (Å²) in [5, 5.41) is 10.6. The van der Waals surface area contributed by atoms with Gasteiger partial charge < -0.3 is 9.64 Å². The predicted molar refractivity (Wildman–Crippen MR) is 69.4 cm³/mol. The first-order chi connectivity index (χ1) is 8.99. The molecule has 0 N–H and O–H groups in total. The minimum Gasteiger partial charge on any atom is -0.375 e. The van der Waals surface area contributed by atoms with Gasteiger partial charge in [0.1, 0.15) is 5.02 Å². The summed E-state index contributed by atoms with van der Waals surface area (Å²) in [6.45, 7) is 3.40. The maximum Gasteiger partial charge on any atom is 0.287 e. The first kappa shape index (κ1) is 13.8. The molecule has 102 valence electrons. The summed E-state index contributed by atoms with van der Waals surface area (Å²) < 4.78 is 5.36. The van der Waals surface area contributed by atoms with Gasteiger partial charge in [-0.1, -0.05) is 11.6 Å². The van der Waals surface area contributed by atoms with Gasteiger partial charge in [-0.25, -0.2) is 0 Å². The van der Waals surface area contributed by atoms with Crippen molar-refractivity contribution in [2.75, 3.05) is 19.7 Å². The van der Waals surface area contributed by atoms with Crippen LogP contribution in [0.3, 0.4) is 0 Å². The number of hydrogen-bond acceptors (Lipinski definition) is 4. The largest absolute Gasteiger partial charge is 0.375 e. The Morgan fingerprint density at radius 1 is 1.58 bits per heavy atom. The van der Waals surface area contributed by atoms with Crippen LogP contribution in [0.2, 0.25) is 5.02 Å². The van der Waals surface area contributed by atoms with Crippen molar-refractivity contribution >= 4 is 23.2 Å². The van der Waals surface area contributed by atoms with Gasteiger partial charge in [0.15, 0.2) is 0 Å². The van der Waals surface area contributed by atoms with Crippen molar-refractivity contribution < 1.29 is 14.5 Å². The van der Waals surface area contributed by atoms with Crippen molar-refractivity contribution in [3.05, 3.63) is 38.9 Å².